The monoisotopic (exact) mass is 272 g/mol. The van der Waals surface area contributed by atoms with Crippen molar-refractivity contribution in [1.82, 2.24) is 15.2 Å². The first-order valence-electron chi connectivity index (χ1n) is 6.12. The number of hydrogen-bond donors (Lipinski definition) is 1. The molecule has 2 aromatic rings. The Bertz CT molecular complexity index is 632. The van der Waals surface area contributed by atoms with Crippen molar-refractivity contribution in [1.29, 1.82) is 0 Å². The first-order chi connectivity index (χ1) is 9.63. The molecule has 1 aromatic carbocycles. The average molecular weight is 272 g/mol. The Morgan fingerprint density at radius 2 is 2.05 bits per heavy atom. The van der Waals surface area contributed by atoms with E-state index in [1.54, 1.807) is 6.21 Å². The van der Waals surface area contributed by atoms with Crippen LogP contribution in [0.25, 0.3) is 5.69 Å². The summed E-state index contributed by atoms with van der Waals surface area (Å²) in [7, 11) is 1.29. The van der Waals surface area contributed by atoms with Crippen LogP contribution in [0.1, 0.15) is 17.0 Å². The van der Waals surface area contributed by atoms with Gasteiger partial charge in [0.25, 0.3) is 0 Å². The molecule has 0 unspecified atom stereocenters. The highest BCUT2D eigenvalue weighted by Crippen LogP contribution is 2.15. The van der Waals surface area contributed by atoms with Gasteiger partial charge in [-0.3, -0.25) is 0 Å². The second-order valence-electron chi connectivity index (χ2n) is 4.19. The van der Waals surface area contributed by atoms with E-state index in [9.17, 15) is 4.79 Å². The van der Waals surface area contributed by atoms with E-state index in [4.69, 9.17) is 0 Å². The van der Waals surface area contributed by atoms with Crippen molar-refractivity contribution in [2.24, 2.45) is 5.10 Å². The van der Waals surface area contributed by atoms with E-state index in [1.807, 2.05) is 48.9 Å². The molecule has 1 amide bonds. The summed E-state index contributed by atoms with van der Waals surface area (Å²) in [5, 5.41) is 8.32. The molecule has 1 aromatic heterocycles. The number of nitrogens with one attached hydrogen (secondary N) is 1. The minimum absolute atomic E-state index is 0.605. The van der Waals surface area contributed by atoms with Gasteiger partial charge in [-0.25, -0.2) is 14.9 Å². The minimum Gasteiger partial charge on any atom is -0.452 e. The summed E-state index contributed by atoms with van der Waals surface area (Å²) in [4.78, 5) is 10.9. The molecule has 0 atom stereocenters. The maximum atomic E-state index is 10.9. The zero-order chi connectivity index (χ0) is 14.5. The molecule has 104 valence electrons. The number of benzene rings is 1. The van der Waals surface area contributed by atoms with Crippen molar-refractivity contribution in [3.63, 3.8) is 0 Å². The van der Waals surface area contributed by atoms with Gasteiger partial charge in [0.2, 0.25) is 0 Å². The van der Waals surface area contributed by atoms with Crippen molar-refractivity contribution >= 4 is 12.3 Å². The molecule has 1 heterocycles. The van der Waals surface area contributed by atoms with Crippen LogP contribution < -0.4 is 5.43 Å². The molecular weight excluding hydrogens is 256 g/mol. The van der Waals surface area contributed by atoms with Gasteiger partial charge < -0.3 is 4.74 Å². The second kappa shape index (κ2) is 6.01. The Kier molecular flexibility index (Phi) is 4.14. The van der Waals surface area contributed by atoms with Crippen LogP contribution in [0.5, 0.6) is 0 Å². The number of aromatic nitrogens is 2. The van der Waals surface area contributed by atoms with Crippen LogP contribution in [0, 0.1) is 13.8 Å². The molecule has 6 nitrogen and oxygen atoms in total. The number of nitrogens with zero attached hydrogens (tertiary/aromatic N) is 3. The van der Waals surface area contributed by atoms with Gasteiger partial charge in [-0.2, -0.15) is 10.2 Å². The van der Waals surface area contributed by atoms with Crippen LogP contribution in [0.4, 0.5) is 4.79 Å². The number of hydrazone groups is 1. The fourth-order valence-electron chi connectivity index (χ4n) is 1.86. The molecule has 6 heteroatoms. The molecule has 0 aliphatic carbocycles. The number of methoxy groups -OCH3 is 1. The third kappa shape index (κ3) is 2.85. The van der Waals surface area contributed by atoms with Crippen LogP contribution >= 0.6 is 0 Å². The molecule has 0 aliphatic rings. The molecule has 0 fully saturated rings. The van der Waals surface area contributed by atoms with Gasteiger partial charge in [0, 0.05) is 5.56 Å². The lowest BCUT2D eigenvalue weighted by Crippen LogP contribution is -2.16. The highest BCUT2D eigenvalue weighted by Gasteiger charge is 2.10. The number of rotatable bonds is 3. The van der Waals surface area contributed by atoms with E-state index in [2.05, 4.69) is 20.4 Å². The van der Waals surface area contributed by atoms with Gasteiger partial charge in [-0.15, -0.1) is 0 Å². The molecule has 1 N–H and O–H groups in total. The number of amides is 1. The third-order valence-corrected chi connectivity index (χ3v) is 2.88. The zero-order valence-corrected chi connectivity index (χ0v) is 11.6. The number of hydrogen-bond acceptors (Lipinski definition) is 4. The standard InChI is InChI=1S/C14H16N4O2/c1-10-13(9-15-16-14(19)20-3)11(2)18(17-10)12-7-5-4-6-8-12/h4-9H,1-3H3,(H,16,19). The van der Waals surface area contributed by atoms with Crippen molar-refractivity contribution in [3.8, 4) is 5.69 Å². The smallest absolute Gasteiger partial charge is 0.427 e. The lowest BCUT2D eigenvalue weighted by molar-refractivity contribution is 0.171. The molecule has 0 bridgehead atoms. The SMILES string of the molecule is COC(=O)NN=Cc1c(C)nn(-c2ccccc2)c1C. The number of carbonyl (C=O) groups is 1. The Balaban J connectivity index is 2.28. The summed E-state index contributed by atoms with van der Waals surface area (Å²) < 4.78 is 6.28. The first kappa shape index (κ1) is 13.8. The predicted molar refractivity (Wildman–Crippen MR) is 76.2 cm³/mol. The molecule has 20 heavy (non-hydrogen) atoms. The maximum Gasteiger partial charge on any atom is 0.427 e. The van der Waals surface area contributed by atoms with Crippen molar-refractivity contribution < 1.29 is 9.53 Å². The average Bonchev–Trinajstić information content (AvgIpc) is 2.75. The number of aryl methyl sites for hydroxylation is 1. The number of ether oxygens (including phenoxy) is 1. The molecule has 0 saturated carbocycles. The second-order valence-corrected chi connectivity index (χ2v) is 4.19. The summed E-state index contributed by atoms with van der Waals surface area (Å²) in [6, 6.07) is 9.83. The first-order valence-corrected chi connectivity index (χ1v) is 6.12. The minimum atomic E-state index is -0.605. The van der Waals surface area contributed by atoms with Crippen LogP contribution in [0.15, 0.2) is 35.4 Å². The van der Waals surface area contributed by atoms with Crippen LogP contribution in [-0.2, 0) is 4.74 Å². The van der Waals surface area contributed by atoms with Gasteiger partial charge in [0.1, 0.15) is 0 Å². The largest absolute Gasteiger partial charge is 0.452 e. The summed E-state index contributed by atoms with van der Waals surface area (Å²) in [5.74, 6) is 0. The normalized spacial score (nSPS) is 10.8. The van der Waals surface area contributed by atoms with E-state index >= 15 is 0 Å². The van der Waals surface area contributed by atoms with Gasteiger partial charge in [0.15, 0.2) is 0 Å². The van der Waals surface area contributed by atoms with Crippen LogP contribution in [-0.4, -0.2) is 29.2 Å². The highest BCUT2D eigenvalue weighted by molar-refractivity contribution is 5.83. The van der Waals surface area contributed by atoms with E-state index in [1.165, 1.54) is 7.11 Å². The summed E-state index contributed by atoms with van der Waals surface area (Å²) in [5.41, 5.74) is 5.88. The van der Waals surface area contributed by atoms with Crippen molar-refractivity contribution in [2.45, 2.75) is 13.8 Å². The third-order valence-electron chi connectivity index (χ3n) is 2.88. The van der Waals surface area contributed by atoms with Crippen LogP contribution in [0.2, 0.25) is 0 Å². The molecule has 0 saturated heterocycles. The molecule has 0 aliphatic heterocycles. The Labute approximate surface area is 117 Å². The van der Waals surface area contributed by atoms with E-state index in [0.29, 0.717) is 0 Å². The fraction of sp³-hybridized carbons (Fsp3) is 0.214. The highest BCUT2D eigenvalue weighted by atomic mass is 16.5. The van der Waals surface area contributed by atoms with Crippen molar-refractivity contribution in [2.75, 3.05) is 7.11 Å². The molecule has 0 spiro atoms. The molecular formula is C14H16N4O2. The zero-order valence-electron chi connectivity index (χ0n) is 11.6. The quantitative estimate of drug-likeness (QED) is 0.687. The fourth-order valence-corrected chi connectivity index (χ4v) is 1.86. The van der Waals surface area contributed by atoms with E-state index < -0.39 is 6.09 Å². The van der Waals surface area contributed by atoms with Crippen LogP contribution in [0.3, 0.4) is 0 Å². The number of carbonyl (C=O) groups excluding carboxylic acids is 1. The number of para-hydroxylation sites is 1. The maximum absolute atomic E-state index is 10.9. The Morgan fingerprint density at radius 3 is 2.70 bits per heavy atom. The molecule has 2 rings (SSSR count). The Morgan fingerprint density at radius 1 is 1.35 bits per heavy atom. The van der Waals surface area contributed by atoms with Gasteiger partial charge in [-0.1, -0.05) is 18.2 Å². The van der Waals surface area contributed by atoms with Gasteiger partial charge in [-0.05, 0) is 26.0 Å². The van der Waals surface area contributed by atoms with E-state index in [-0.39, 0.29) is 0 Å². The van der Waals surface area contributed by atoms with Crippen molar-refractivity contribution in [3.05, 3.63) is 47.3 Å². The lowest BCUT2D eigenvalue weighted by Gasteiger charge is -2.03. The Hall–Kier alpha value is -2.63. The molecule has 0 radical (unpaired) electrons. The summed E-state index contributed by atoms with van der Waals surface area (Å²) in [6.07, 6.45) is 0.959. The topological polar surface area (TPSA) is 68.5 Å². The van der Waals surface area contributed by atoms with Gasteiger partial charge >= 0.3 is 6.09 Å². The lowest BCUT2D eigenvalue weighted by atomic mass is 10.2. The summed E-state index contributed by atoms with van der Waals surface area (Å²) in [6.45, 7) is 3.85. The van der Waals surface area contributed by atoms with E-state index in [0.717, 1.165) is 22.6 Å². The summed E-state index contributed by atoms with van der Waals surface area (Å²) >= 11 is 0. The predicted octanol–water partition coefficient (Wildman–Crippen LogP) is 2.18. The van der Waals surface area contributed by atoms with Gasteiger partial charge in [0.05, 0.1) is 30.4 Å².